The highest BCUT2D eigenvalue weighted by molar-refractivity contribution is 5.78. The fourth-order valence-corrected chi connectivity index (χ4v) is 0.408. The fourth-order valence-electron chi connectivity index (χ4n) is 0.408. The number of rotatable bonds is 3. The fraction of sp³-hybridized carbons (Fsp3) is 0.500. The van der Waals surface area contributed by atoms with Gasteiger partial charge in [-0.1, -0.05) is 26.5 Å². The van der Waals surface area contributed by atoms with E-state index in [-0.39, 0.29) is 0 Å². The minimum absolute atomic E-state index is 0.489. The Hall–Kier alpha value is -0.850. The van der Waals surface area contributed by atoms with Gasteiger partial charge in [-0.3, -0.25) is 4.99 Å². The van der Waals surface area contributed by atoms with Gasteiger partial charge in [0.2, 0.25) is 0 Å². The molecule has 1 heteroatoms. The molecule has 0 rings (SSSR count). The van der Waals surface area contributed by atoms with Gasteiger partial charge in [-0.25, -0.2) is 0 Å². The molecule has 0 N–H and O–H groups in total. The highest BCUT2D eigenvalue weighted by Gasteiger charge is 1.94. The van der Waals surface area contributed by atoms with E-state index in [9.17, 15) is 0 Å². The predicted octanol–water partition coefficient (Wildman–Crippen LogP) is 3.19. The number of hydrogen-bond acceptors (Lipinski definition) is 1. The van der Waals surface area contributed by atoms with Gasteiger partial charge in [-0.15, -0.1) is 0 Å². The first kappa shape index (κ1) is 10.2. The predicted molar refractivity (Wildman–Crippen MR) is 51.9 cm³/mol. The van der Waals surface area contributed by atoms with Crippen molar-refractivity contribution in [1.29, 1.82) is 0 Å². The molecule has 0 heterocycles. The molecule has 0 aromatic rings. The van der Waals surface area contributed by atoms with Crippen LogP contribution in [0.1, 0.15) is 27.7 Å². The summed E-state index contributed by atoms with van der Waals surface area (Å²) >= 11 is 0. The van der Waals surface area contributed by atoms with Crippen LogP contribution in [0.5, 0.6) is 0 Å². The summed E-state index contributed by atoms with van der Waals surface area (Å²) in [5, 5.41) is 0. The van der Waals surface area contributed by atoms with E-state index in [1.165, 1.54) is 0 Å². The molecule has 0 atom stereocenters. The van der Waals surface area contributed by atoms with Crippen molar-refractivity contribution < 1.29 is 0 Å². The van der Waals surface area contributed by atoms with Crippen LogP contribution in [0.3, 0.4) is 0 Å². The lowest BCUT2D eigenvalue weighted by molar-refractivity contribution is 0.810. The highest BCUT2D eigenvalue weighted by Crippen LogP contribution is 2.04. The Morgan fingerprint density at radius 1 is 1.45 bits per heavy atom. The molecule has 0 aromatic heterocycles. The first-order valence-corrected chi connectivity index (χ1v) is 3.93. The molecule has 0 aliphatic rings. The molecule has 0 bridgehead atoms. The summed E-state index contributed by atoms with van der Waals surface area (Å²) in [5.74, 6) is 0.489. The largest absolute Gasteiger partial charge is 0.262 e. The highest BCUT2D eigenvalue weighted by atomic mass is 14.7. The van der Waals surface area contributed by atoms with Crippen LogP contribution in [0.15, 0.2) is 28.9 Å². The molecule has 0 radical (unpaired) electrons. The summed E-state index contributed by atoms with van der Waals surface area (Å²) in [4.78, 5) is 4.20. The van der Waals surface area contributed by atoms with Gasteiger partial charge in [0.25, 0.3) is 0 Å². The maximum absolute atomic E-state index is 4.20. The average molecular weight is 151 g/mol. The zero-order valence-electron chi connectivity index (χ0n) is 7.89. The number of hydrogen-bond donors (Lipinski definition) is 0. The zero-order chi connectivity index (χ0) is 8.85. The maximum Gasteiger partial charge on any atom is 0.0330 e. The van der Waals surface area contributed by atoms with E-state index in [2.05, 4.69) is 25.4 Å². The Labute approximate surface area is 69.5 Å². The number of nitrogens with zero attached hydrogens (tertiary/aromatic N) is 1. The summed E-state index contributed by atoms with van der Waals surface area (Å²) < 4.78 is 0. The molecule has 0 saturated carbocycles. The summed E-state index contributed by atoms with van der Waals surface area (Å²) in [5.41, 5.74) is 2.11. The van der Waals surface area contributed by atoms with Gasteiger partial charge in [0, 0.05) is 11.9 Å². The van der Waals surface area contributed by atoms with Crippen LogP contribution < -0.4 is 0 Å². The van der Waals surface area contributed by atoms with Gasteiger partial charge >= 0.3 is 0 Å². The molecule has 1 nitrogen and oxygen atoms in total. The minimum Gasteiger partial charge on any atom is -0.262 e. The average Bonchev–Trinajstić information content (AvgIpc) is 1.99. The van der Waals surface area contributed by atoms with E-state index < -0.39 is 0 Å². The molecule has 11 heavy (non-hydrogen) atoms. The van der Waals surface area contributed by atoms with E-state index in [1.54, 1.807) is 0 Å². The van der Waals surface area contributed by atoms with Crippen LogP contribution in [0, 0.1) is 5.92 Å². The lowest BCUT2D eigenvalue weighted by Crippen LogP contribution is -1.92. The SMILES string of the molecule is C=C(/C=N\C(C)=C/C)C(C)C. The van der Waals surface area contributed by atoms with Gasteiger partial charge in [0.1, 0.15) is 0 Å². The van der Waals surface area contributed by atoms with Crippen molar-refractivity contribution in [2.24, 2.45) is 10.9 Å². The Kier molecular flexibility index (Phi) is 4.51. The third-order valence-corrected chi connectivity index (χ3v) is 1.59. The summed E-state index contributed by atoms with van der Waals surface area (Å²) in [6, 6.07) is 0. The normalized spacial score (nSPS) is 13.0. The summed E-state index contributed by atoms with van der Waals surface area (Å²) in [6.45, 7) is 12.1. The molecular weight excluding hydrogens is 134 g/mol. The molecular formula is C10H17N. The van der Waals surface area contributed by atoms with E-state index in [1.807, 2.05) is 26.1 Å². The van der Waals surface area contributed by atoms with Gasteiger partial charge in [0.15, 0.2) is 0 Å². The van der Waals surface area contributed by atoms with Gasteiger partial charge in [0.05, 0.1) is 0 Å². The Balaban J connectivity index is 4.04. The third-order valence-electron chi connectivity index (χ3n) is 1.59. The van der Waals surface area contributed by atoms with E-state index in [0.717, 1.165) is 11.3 Å². The lowest BCUT2D eigenvalue weighted by Gasteiger charge is -2.01. The van der Waals surface area contributed by atoms with Crippen LogP contribution in [-0.4, -0.2) is 6.21 Å². The molecule has 0 unspecified atom stereocenters. The van der Waals surface area contributed by atoms with E-state index in [0.29, 0.717) is 5.92 Å². The van der Waals surface area contributed by atoms with Gasteiger partial charge in [-0.05, 0) is 25.3 Å². The Morgan fingerprint density at radius 3 is 2.36 bits per heavy atom. The molecule has 0 aliphatic carbocycles. The van der Waals surface area contributed by atoms with Crippen LogP contribution in [0.4, 0.5) is 0 Å². The molecule has 0 aliphatic heterocycles. The van der Waals surface area contributed by atoms with Crippen molar-refractivity contribution in [3.05, 3.63) is 23.9 Å². The second-order valence-corrected chi connectivity index (χ2v) is 2.92. The van der Waals surface area contributed by atoms with E-state index in [4.69, 9.17) is 0 Å². The first-order chi connectivity index (χ1) is 5.07. The molecule has 0 saturated heterocycles. The standard InChI is InChI=1S/C10H17N/c1-6-10(5)11-7-9(4)8(2)3/h6-8H,4H2,1-3,5H3/b10-6-,11-7-. The van der Waals surface area contributed by atoms with Crippen LogP contribution in [0.2, 0.25) is 0 Å². The minimum atomic E-state index is 0.489. The quantitative estimate of drug-likeness (QED) is 0.549. The topological polar surface area (TPSA) is 12.4 Å². The molecule has 62 valence electrons. The van der Waals surface area contributed by atoms with Crippen molar-refractivity contribution >= 4 is 6.21 Å². The first-order valence-electron chi connectivity index (χ1n) is 3.93. The molecule has 0 spiro atoms. The van der Waals surface area contributed by atoms with Crippen molar-refractivity contribution in [3.8, 4) is 0 Å². The Bertz CT molecular complexity index is 185. The van der Waals surface area contributed by atoms with Crippen molar-refractivity contribution in [2.45, 2.75) is 27.7 Å². The van der Waals surface area contributed by atoms with Gasteiger partial charge in [-0.2, -0.15) is 0 Å². The van der Waals surface area contributed by atoms with Crippen molar-refractivity contribution in [3.63, 3.8) is 0 Å². The second-order valence-electron chi connectivity index (χ2n) is 2.92. The Morgan fingerprint density at radius 2 is 2.00 bits per heavy atom. The lowest BCUT2D eigenvalue weighted by atomic mass is 10.1. The summed E-state index contributed by atoms with van der Waals surface area (Å²) in [6.07, 6.45) is 3.81. The van der Waals surface area contributed by atoms with Crippen LogP contribution >= 0.6 is 0 Å². The smallest absolute Gasteiger partial charge is 0.0330 e. The van der Waals surface area contributed by atoms with Crippen molar-refractivity contribution in [2.75, 3.05) is 0 Å². The van der Waals surface area contributed by atoms with Crippen molar-refractivity contribution in [1.82, 2.24) is 0 Å². The summed E-state index contributed by atoms with van der Waals surface area (Å²) in [7, 11) is 0. The molecule has 0 amide bonds. The number of allylic oxidation sites excluding steroid dienone is 3. The third kappa shape index (κ3) is 4.54. The van der Waals surface area contributed by atoms with Crippen LogP contribution in [0.25, 0.3) is 0 Å². The zero-order valence-corrected chi connectivity index (χ0v) is 7.89. The van der Waals surface area contributed by atoms with Gasteiger partial charge < -0.3 is 0 Å². The maximum atomic E-state index is 4.20. The molecule has 0 fully saturated rings. The second kappa shape index (κ2) is 4.89. The number of aliphatic imine (C=N–C) groups is 1. The van der Waals surface area contributed by atoms with E-state index >= 15 is 0 Å². The monoisotopic (exact) mass is 151 g/mol. The molecule has 0 aromatic carbocycles. The van der Waals surface area contributed by atoms with Crippen LogP contribution in [-0.2, 0) is 0 Å².